The third-order valence-corrected chi connectivity index (χ3v) is 4.94. The Balaban J connectivity index is 1.95. The monoisotopic (exact) mass is 391 g/mol. The van der Waals surface area contributed by atoms with Crippen LogP contribution in [0.15, 0.2) is 42.7 Å². The number of halogens is 4. The molecule has 10 heteroatoms. The van der Waals surface area contributed by atoms with E-state index >= 15 is 0 Å². The lowest BCUT2D eigenvalue weighted by atomic mass is 10.1. The molecule has 0 aliphatic heterocycles. The number of alkyl halides is 3. The second kappa shape index (κ2) is 8.11. The summed E-state index contributed by atoms with van der Waals surface area (Å²) < 4.78 is 77.7. The van der Waals surface area contributed by atoms with Gasteiger partial charge in [-0.3, -0.25) is 4.98 Å². The van der Waals surface area contributed by atoms with Crippen molar-refractivity contribution < 1.29 is 26.0 Å². The van der Waals surface area contributed by atoms with Gasteiger partial charge in [-0.05, 0) is 29.7 Å². The van der Waals surface area contributed by atoms with Crippen LogP contribution < -0.4 is 10.5 Å². The van der Waals surface area contributed by atoms with Crippen LogP contribution in [0.25, 0.3) is 0 Å². The van der Waals surface area contributed by atoms with Gasteiger partial charge >= 0.3 is 6.18 Å². The minimum Gasteiger partial charge on any atom is -0.326 e. The molecular formula is C16H17F4N3O2S. The number of aromatic nitrogens is 1. The van der Waals surface area contributed by atoms with Gasteiger partial charge in [-0.1, -0.05) is 18.2 Å². The predicted molar refractivity (Wildman–Crippen MR) is 87.9 cm³/mol. The molecule has 1 aromatic carbocycles. The number of nitrogens with zero attached hydrogens (tertiary/aromatic N) is 1. The van der Waals surface area contributed by atoms with Crippen LogP contribution in [-0.2, 0) is 29.2 Å². The highest BCUT2D eigenvalue weighted by Crippen LogP contribution is 2.28. The third kappa shape index (κ3) is 6.04. The average molecular weight is 391 g/mol. The summed E-state index contributed by atoms with van der Waals surface area (Å²) in [7, 11) is -3.87. The molecule has 0 saturated carbocycles. The van der Waals surface area contributed by atoms with Gasteiger partial charge in [-0.25, -0.2) is 17.5 Å². The van der Waals surface area contributed by atoms with E-state index in [0.29, 0.717) is 6.20 Å². The normalized spacial score (nSPS) is 13.6. The molecule has 5 nitrogen and oxygen atoms in total. The van der Waals surface area contributed by atoms with E-state index in [-0.39, 0.29) is 24.1 Å². The lowest BCUT2D eigenvalue weighted by molar-refractivity contribution is -0.137. The summed E-state index contributed by atoms with van der Waals surface area (Å²) in [6.07, 6.45) is -2.76. The van der Waals surface area contributed by atoms with Gasteiger partial charge in [0.2, 0.25) is 10.0 Å². The van der Waals surface area contributed by atoms with Gasteiger partial charge in [0.25, 0.3) is 0 Å². The van der Waals surface area contributed by atoms with Crippen molar-refractivity contribution in [3.8, 4) is 0 Å². The van der Waals surface area contributed by atoms with E-state index in [1.807, 2.05) is 0 Å². The number of hydrogen-bond donors (Lipinski definition) is 2. The first-order valence-electron chi connectivity index (χ1n) is 7.54. The maximum atomic E-state index is 13.6. The molecule has 2 rings (SSSR count). The molecule has 1 aromatic heterocycles. The first-order chi connectivity index (χ1) is 12.1. The number of nitrogens with two attached hydrogens (primary N) is 1. The maximum Gasteiger partial charge on any atom is 0.417 e. The number of sulfonamides is 1. The molecule has 3 N–H and O–H groups in total. The Morgan fingerprint density at radius 1 is 1.19 bits per heavy atom. The molecule has 0 aliphatic rings. The summed E-state index contributed by atoms with van der Waals surface area (Å²) in [5.41, 5.74) is 5.15. The molecule has 0 bridgehead atoms. The Labute approximate surface area is 148 Å². The lowest BCUT2D eigenvalue weighted by Gasteiger charge is -2.14. The van der Waals surface area contributed by atoms with Crippen LogP contribution in [0.5, 0.6) is 0 Å². The van der Waals surface area contributed by atoms with Crippen LogP contribution in [0.1, 0.15) is 16.7 Å². The number of rotatable bonds is 7. The number of hydrogen-bond acceptors (Lipinski definition) is 4. The molecule has 1 heterocycles. The lowest BCUT2D eigenvalue weighted by Crippen LogP contribution is -2.37. The van der Waals surface area contributed by atoms with Crippen molar-refractivity contribution in [3.05, 3.63) is 65.2 Å². The van der Waals surface area contributed by atoms with E-state index in [0.717, 1.165) is 12.3 Å². The zero-order valence-corrected chi connectivity index (χ0v) is 14.3. The van der Waals surface area contributed by atoms with Gasteiger partial charge in [-0.15, -0.1) is 0 Å². The zero-order chi connectivity index (χ0) is 19.4. The summed E-state index contributed by atoms with van der Waals surface area (Å²) in [6.45, 7) is -0.355. The van der Waals surface area contributed by atoms with Gasteiger partial charge < -0.3 is 5.73 Å². The zero-order valence-electron chi connectivity index (χ0n) is 13.5. The summed E-state index contributed by atoms with van der Waals surface area (Å²) in [6, 6.07) is 5.81. The van der Waals surface area contributed by atoms with Crippen molar-refractivity contribution in [2.75, 3.05) is 5.75 Å². The van der Waals surface area contributed by atoms with Crippen LogP contribution in [0, 0.1) is 5.82 Å². The van der Waals surface area contributed by atoms with Crippen molar-refractivity contribution in [1.82, 2.24) is 9.71 Å². The van der Waals surface area contributed by atoms with Gasteiger partial charge in [0.1, 0.15) is 5.82 Å². The van der Waals surface area contributed by atoms with Crippen molar-refractivity contribution in [2.45, 2.75) is 25.2 Å². The molecule has 1 atom stereocenters. The van der Waals surface area contributed by atoms with Crippen LogP contribution in [-0.4, -0.2) is 25.2 Å². The van der Waals surface area contributed by atoms with E-state index < -0.39 is 39.4 Å². The van der Waals surface area contributed by atoms with Crippen LogP contribution in [0.2, 0.25) is 0 Å². The molecular weight excluding hydrogens is 374 g/mol. The van der Waals surface area contributed by atoms with Gasteiger partial charge in [0.05, 0.1) is 11.3 Å². The first kappa shape index (κ1) is 20.3. The molecule has 0 amide bonds. The fraction of sp³-hybridized carbons (Fsp3) is 0.312. The van der Waals surface area contributed by atoms with Crippen LogP contribution in [0.4, 0.5) is 17.6 Å². The van der Waals surface area contributed by atoms with Gasteiger partial charge in [0.15, 0.2) is 0 Å². The quantitative estimate of drug-likeness (QED) is 0.709. The molecule has 2 aromatic rings. The minimum atomic E-state index is -4.57. The summed E-state index contributed by atoms with van der Waals surface area (Å²) >= 11 is 0. The Bertz CT molecular complexity index is 857. The SMILES string of the molecule is N[C@H](Cc1ccccc1F)CS(=O)(=O)NCc1cncc(C(F)(F)F)c1. The topological polar surface area (TPSA) is 85.1 Å². The van der Waals surface area contributed by atoms with Crippen molar-refractivity contribution in [3.63, 3.8) is 0 Å². The summed E-state index contributed by atoms with van der Waals surface area (Å²) in [5.74, 6) is -0.975. The summed E-state index contributed by atoms with van der Waals surface area (Å²) in [4.78, 5) is 3.46. The first-order valence-corrected chi connectivity index (χ1v) is 9.19. The predicted octanol–water partition coefficient (Wildman–Crippen LogP) is 2.23. The standard InChI is InChI=1S/C16H17F4N3O2S/c17-15-4-2-1-3-12(15)6-14(21)10-26(24,25)23-8-11-5-13(9-22-7-11)16(18,19)20/h1-5,7,9,14,23H,6,8,10,21H2/t14-/m1/s1. The molecule has 0 spiro atoms. The van der Waals surface area contributed by atoms with Crippen molar-refractivity contribution in [2.24, 2.45) is 5.73 Å². The molecule has 0 unspecified atom stereocenters. The maximum absolute atomic E-state index is 13.6. The van der Waals surface area contributed by atoms with E-state index in [9.17, 15) is 26.0 Å². The van der Waals surface area contributed by atoms with Crippen LogP contribution >= 0.6 is 0 Å². The van der Waals surface area contributed by atoms with E-state index in [2.05, 4.69) is 9.71 Å². The smallest absolute Gasteiger partial charge is 0.326 e. The second-order valence-electron chi connectivity index (χ2n) is 5.74. The highest BCUT2D eigenvalue weighted by molar-refractivity contribution is 7.89. The molecule has 142 valence electrons. The van der Waals surface area contributed by atoms with Gasteiger partial charge in [0, 0.05) is 25.0 Å². The largest absolute Gasteiger partial charge is 0.417 e. The minimum absolute atomic E-state index is 0.0126. The van der Waals surface area contributed by atoms with Gasteiger partial charge in [-0.2, -0.15) is 13.2 Å². The molecule has 0 saturated heterocycles. The van der Waals surface area contributed by atoms with E-state index in [1.165, 1.54) is 18.2 Å². The molecule has 0 aliphatic carbocycles. The van der Waals surface area contributed by atoms with Crippen molar-refractivity contribution in [1.29, 1.82) is 0 Å². The third-order valence-electron chi connectivity index (χ3n) is 3.49. The summed E-state index contributed by atoms with van der Waals surface area (Å²) in [5, 5.41) is 0. The fourth-order valence-corrected chi connectivity index (χ4v) is 3.46. The fourth-order valence-electron chi connectivity index (χ4n) is 2.28. The van der Waals surface area contributed by atoms with E-state index in [4.69, 9.17) is 5.73 Å². The molecule has 0 radical (unpaired) electrons. The Kier molecular flexibility index (Phi) is 6.32. The molecule has 0 fully saturated rings. The number of pyridine rings is 1. The highest BCUT2D eigenvalue weighted by Gasteiger charge is 2.31. The average Bonchev–Trinajstić information content (AvgIpc) is 2.54. The van der Waals surface area contributed by atoms with Crippen LogP contribution in [0.3, 0.4) is 0 Å². The number of benzene rings is 1. The van der Waals surface area contributed by atoms with Crippen molar-refractivity contribution >= 4 is 10.0 Å². The Morgan fingerprint density at radius 2 is 1.88 bits per heavy atom. The highest BCUT2D eigenvalue weighted by atomic mass is 32.2. The number of nitrogens with one attached hydrogen (secondary N) is 1. The van der Waals surface area contributed by atoms with E-state index in [1.54, 1.807) is 6.07 Å². The Hall–Kier alpha value is -2.04. The second-order valence-corrected chi connectivity index (χ2v) is 7.59. The molecule has 26 heavy (non-hydrogen) atoms. The Morgan fingerprint density at radius 3 is 2.54 bits per heavy atom.